The van der Waals surface area contributed by atoms with Crippen LogP contribution in [0.4, 0.5) is 23.4 Å². The van der Waals surface area contributed by atoms with Crippen molar-refractivity contribution in [3.63, 3.8) is 0 Å². The molecule has 7 heterocycles. The smallest absolute Gasteiger partial charge is 0.319 e. The van der Waals surface area contributed by atoms with E-state index in [4.69, 9.17) is 29.2 Å². The summed E-state index contributed by atoms with van der Waals surface area (Å²) >= 11 is 0. The zero-order chi connectivity index (χ0) is 58.5. The van der Waals surface area contributed by atoms with Crippen molar-refractivity contribution >= 4 is 39.3 Å². The highest BCUT2D eigenvalue weighted by molar-refractivity contribution is 6.04. The van der Waals surface area contributed by atoms with Crippen LogP contribution in [0, 0.1) is 29.2 Å². The maximum atomic E-state index is 15.7. The molecule has 0 radical (unpaired) electrons. The number of likely N-dealkylation sites (tertiary alicyclic amines) is 1. The van der Waals surface area contributed by atoms with Crippen molar-refractivity contribution in [2.45, 2.75) is 102 Å². The highest BCUT2D eigenvalue weighted by Gasteiger charge is 2.44. The number of carbonyl (C=O) groups is 2. The van der Waals surface area contributed by atoms with Crippen LogP contribution in [0.3, 0.4) is 0 Å². The summed E-state index contributed by atoms with van der Waals surface area (Å²) < 4.78 is 79.3. The molecule has 0 spiro atoms. The summed E-state index contributed by atoms with van der Waals surface area (Å²) in [6.07, 6.45) is 4.73. The van der Waals surface area contributed by atoms with Crippen LogP contribution in [0.25, 0.3) is 55.3 Å². The summed E-state index contributed by atoms with van der Waals surface area (Å²) in [5.74, 6) is -4.50. The third kappa shape index (κ3) is 10.8. The summed E-state index contributed by atoms with van der Waals surface area (Å²) in [6, 6.07) is 18.3. The molecule has 4 aliphatic rings. The zero-order valence-electron chi connectivity index (χ0n) is 46.3. The number of phenolic OH excluding ortho intramolecular Hbond substituents is 1. The molecule has 0 unspecified atom stereocenters. The van der Waals surface area contributed by atoms with Crippen molar-refractivity contribution in [3.8, 4) is 51.2 Å². The lowest BCUT2D eigenvalue weighted by Crippen LogP contribution is -2.50. The Kier molecular flexibility index (Phi) is 15.6. The molecule has 4 fully saturated rings. The minimum Gasteiger partial charge on any atom is -0.508 e. The van der Waals surface area contributed by atoms with Gasteiger partial charge < -0.3 is 50.0 Å². The molecule has 4 aliphatic heterocycles. The fourth-order valence-corrected chi connectivity index (χ4v) is 12.3. The fourth-order valence-electron chi connectivity index (χ4n) is 12.3. The molecule has 3 aromatic heterocycles. The Morgan fingerprint density at radius 3 is 2.37 bits per heavy atom. The van der Waals surface area contributed by atoms with Crippen LogP contribution in [0.15, 0.2) is 97.3 Å². The summed E-state index contributed by atoms with van der Waals surface area (Å²) in [5.41, 5.74) is 3.40. The lowest BCUT2D eigenvalue weighted by Gasteiger charge is -2.30. The molecule has 5 N–H and O–H groups in total. The van der Waals surface area contributed by atoms with E-state index in [0.29, 0.717) is 106 Å². The number of nitrogens with zero attached hydrogens (tertiary/aromatic N) is 8. The quantitative estimate of drug-likeness (QED) is 0.0428. The van der Waals surface area contributed by atoms with Crippen molar-refractivity contribution in [2.75, 3.05) is 44.4 Å². The minimum atomic E-state index is -1.35. The van der Waals surface area contributed by atoms with E-state index in [-0.39, 0.29) is 66.5 Å². The number of amides is 2. The highest BCUT2D eigenvalue weighted by Crippen LogP contribution is 2.45. The topological polar surface area (TPSA) is 222 Å². The number of aromatic nitrogens is 6. The number of pyridine rings is 1. The number of anilines is 1. The first-order valence-corrected chi connectivity index (χ1v) is 28.3. The molecule has 0 saturated carbocycles. The van der Waals surface area contributed by atoms with Gasteiger partial charge in [-0.2, -0.15) is 9.97 Å². The van der Waals surface area contributed by atoms with Crippen LogP contribution in [0.1, 0.15) is 75.2 Å². The van der Waals surface area contributed by atoms with Gasteiger partial charge in [-0.15, -0.1) is 5.10 Å². The predicted octanol–water partition coefficient (Wildman–Crippen LogP) is 8.29. The molecule has 18 nitrogen and oxygen atoms in total. The van der Waals surface area contributed by atoms with Gasteiger partial charge in [0.05, 0.1) is 49.1 Å². The van der Waals surface area contributed by atoms with Crippen molar-refractivity contribution in [3.05, 3.63) is 137 Å². The number of hydrogen-bond donors (Lipinski definition) is 5. The second kappa shape index (κ2) is 23.4. The molecule has 5 aromatic carbocycles. The van der Waals surface area contributed by atoms with Crippen LogP contribution in [-0.4, -0.2) is 132 Å². The maximum absolute atomic E-state index is 15.7. The molecule has 4 saturated heterocycles. The monoisotopic (exact) mass is 1150 g/mol. The van der Waals surface area contributed by atoms with E-state index in [1.165, 1.54) is 39.9 Å². The first-order chi connectivity index (χ1) is 40.6. The van der Waals surface area contributed by atoms with E-state index < -0.39 is 65.7 Å². The van der Waals surface area contributed by atoms with Gasteiger partial charge in [0.15, 0.2) is 17.4 Å². The molecule has 2 bridgehead atoms. The third-order valence-electron chi connectivity index (χ3n) is 16.5. The largest absolute Gasteiger partial charge is 0.508 e. The molecule has 0 aliphatic carbocycles. The number of phenols is 1. The van der Waals surface area contributed by atoms with Crippen LogP contribution in [0.5, 0.6) is 17.5 Å². The van der Waals surface area contributed by atoms with Gasteiger partial charge in [0.2, 0.25) is 11.8 Å². The standard InChI is InChI=1S/C62H62F4N10O8/c1-4-43-46(63)14-13-37-21-40(78)23-44(52(37)43)55-58(56-45(26-68-55)59(74-27-38-22-39(74)25-67-38)71-62(70-56)84-42-17-19-82-20-18-42)83-31-33-5-7-34(8-6-33)49-29-76(73-72-49)57(32(2)3)61(81)75-28-41(79)24-51(75)60(80)69-50(30-77)35-9-11-36(12-10-35)53-47(64)15-16-48(65)54(53)66/h5-16,21,23,26,29,32,38-39,41-42,50-51,57,67,77-79H,4,17-20,22,24-25,27-28,30-31H2,1-3H3,(H,69,80)/t38-,39-,41+,50-,51-,57-/m0/s1. The molecular weight excluding hydrogens is 1090 g/mol. The Hall–Kier alpha value is -8.31. The van der Waals surface area contributed by atoms with E-state index in [2.05, 4.69) is 25.8 Å². The van der Waals surface area contributed by atoms with Gasteiger partial charge >= 0.3 is 6.01 Å². The number of aromatic hydroxyl groups is 1. The Morgan fingerprint density at radius 2 is 1.65 bits per heavy atom. The van der Waals surface area contributed by atoms with E-state index in [9.17, 15) is 38.1 Å². The average Bonchev–Trinajstić information content (AvgIpc) is 3.02. The van der Waals surface area contributed by atoms with Crippen LogP contribution >= 0.6 is 0 Å². The van der Waals surface area contributed by atoms with E-state index in [1.54, 1.807) is 30.6 Å². The second-order valence-corrected chi connectivity index (χ2v) is 22.3. The zero-order valence-corrected chi connectivity index (χ0v) is 46.3. The average molecular weight is 1150 g/mol. The summed E-state index contributed by atoms with van der Waals surface area (Å²) in [4.78, 5) is 47.3. The number of rotatable bonds is 17. The number of fused-ring (bicyclic) bond motifs is 4. The van der Waals surface area contributed by atoms with Gasteiger partial charge in [-0.05, 0) is 82.1 Å². The molecule has 2 amide bonds. The summed E-state index contributed by atoms with van der Waals surface area (Å²) in [5, 5.41) is 49.5. The normalized spacial score (nSPS) is 19.6. The number of nitrogens with one attached hydrogen (secondary N) is 2. The second-order valence-electron chi connectivity index (χ2n) is 22.3. The first-order valence-electron chi connectivity index (χ1n) is 28.3. The lowest BCUT2D eigenvalue weighted by atomic mass is 9.94. The number of halogens is 4. The van der Waals surface area contributed by atoms with Gasteiger partial charge in [-0.1, -0.05) is 80.6 Å². The number of aliphatic hydroxyl groups is 2. The number of benzene rings is 5. The molecular formula is C62H62F4N10O8. The van der Waals surface area contributed by atoms with Crippen molar-refractivity contribution < 1.29 is 56.7 Å². The van der Waals surface area contributed by atoms with Gasteiger partial charge in [-0.25, -0.2) is 22.2 Å². The summed E-state index contributed by atoms with van der Waals surface area (Å²) in [6.45, 7) is 7.45. The van der Waals surface area contributed by atoms with E-state index >= 15 is 4.39 Å². The van der Waals surface area contributed by atoms with E-state index in [1.807, 2.05) is 45.0 Å². The minimum absolute atomic E-state index is 0.0189. The van der Waals surface area contributed by atoms with Crippen LogP contribution < -0.4 is 25.0 Å². The molecule has 22 heteroatoms. The Balaban J connectivity index is 0.809. The molecule has 8 aromatic rings. The van der Waals surface area contributed by atoms with Crippen molar-refractivity contribution in [1.29, 1.82) is 0 Å². The molecule has 84 heavy (non-hydrogen) atoms. The number of hydrogen-bond acceptors (Lipinski definition) is 15. The number of ether oxygens (including phenoxy) is 3. The van der Waals surface area contributed by atoms with Gasteiger partial charge in [0, 0.05) is 68.3 Å². The number of aliphatic hydroxyl groups excluding tert-OH is 2. The van der Waals surface area contributed by atoms with Crippen molar-refractivity contribution in [1.82, 2.24) is 45.5 Å². The number of aryl methyl sites for hydroxylation is 1. The lowest BCUT2D eigenvalue weighted by molar-refractivity contribution is -0.142. The molecule has 436 valence electrons. The Bertz CT molecular complexity index is 3790. The Morgan fingerprint density at radius 1 is 0.905 bits per heavy atom. The predicted molar refractivity (Wildman–Crippen MR) is 303 cm³/mol. The number of carbonyl (C=O) groups excluding carboxylic acids is 2. The Labute approximate surface area is 480 Å². The van der Waals surface area contributed by atoms with Crippen LogP contribution in [0.2, 0.25) is 0 Å². The van der Waals surface area contributed by atoms with E-state index in [0.717, 1.165) is 31.1 Å². The first kappa shape index (κ1) is 56.2. The number of piperazine rings is 1. The van der Waals surface area contributed by atoms with Gasteiger partial charge in [-0.3, -0.25) is 14.6 Å². The maximum Gasteiger partial charge on any atom is 0.319 e. The van der Waals surface area contributed by atoms with Gasteiger partial charge in [0.25, 0.3) is 0 Å². The van der Waals surface area contributed by atoms with Crippen molar-refractivity contribution in [2.24, 2.45) is 5.92 Å². The molecule has 12 rings (SSSR count). The SMILES string of the molecule is CCc1c(F)ccc2cc(O)cc(-c3ncc4c(N5C[C@@H]6C[C@H]5CN6)nc(OC5CCOCC5)nc4c3OCc3ccc(-c4cn([C@H](C(=O)N5C[C@H](O)C[C@H]5C(=O)N[C@@H](CO)c5ccc(-c6c(F)ccc(F)c6F)cc5)C(C)C)nn4)cc3)c12. The number of β-amino-alcohol motifs (C(OH)–C–C–N with tert-alkyl or cyclic N) is 1. The highest BCUT2D eigenvalue weighted by atomic mass is 19.2. The molecule has 6 atom stereocenters. The third-order valence-corrected chi connectivity index (χ3v) is 16.5. The summed E-state index contributed by atoms with van der Waals surface area (Å²) in [7, 11) is 0. The van der Waals surface area contributed by atoms with Gasteiger partial charge in [0.1, 0.15) is 64.9 Å². The van der Waals surface area contributed by atoms with Crippen LogP contribution in [-0.2, 0) is 27.4 Å². The fraction of sp³-hybridized carbons (Fsp3) is 0.371.